The summed E-state index contributed by atoms with van der Waals surface area (Å²) >= 11 is 5.90. The minimum absolute atomic E-state index is 0.00485. The molecule has 0 aliphatic carbocycles. The number of sulfonamides is 2. The number of nitrogens with zero attached hydrogens (tertiary/aromatic N) is 1. The molecule has 0 saturated carbocycles. The van der Waals surface area contributed by atoms with E-state index in [1.807, 2.05) is 0 Å². The second-order valence-corrected chi connectivity index (χ2v) is 9.75. The van der Waals surface area contributed by atoms with Crippen LogP contribution in [0, 0.1) is 6.92 Å². The number of hydrogen-bond acceptors (Lipinski definition) is 7. The maximum Gasteiger partial charge on any atom is 0.335 e. The Hall–Kier alpha value is -3.09. The second kappa shape index (κ2) is 7.97. The van der Waals surface area contributed by atoms with Gasteiger partial charge in [-0.1, -0.05) is 16.8 Å². The molecule has 0 aliphatic heterocycles. The van der Waals surface area contributed by atoms with Crippen molar-refractivity contribution in [3.8, 4) is 0 Å². The van der Waals surface area contributed by atoms with Gasteiger partial charge >= 0.3 is 5.97 Å². The van der Waals surface area contributed by atoms with Gasteiger partial charge in [0.2, 0.25) is 0 Å². The van der Waals surface area contributed by atoms with Crippen LogP contribution in [-0.4, -0.2) is 33.1 Å². The smallest absolute Gasteiger partial charge is 0.335 e. The number of halogens is 1. The lowest BCUT2D eigenvalue weighted by atomic mass is 10.2. The number of benzene rings is 2. The molecule has 0 spiro atoms. The van der Waals surface area contributed by atoms with E-state index in [1.165, 1.54) is 36.4 Å². The number of carbonyl (C=O) groups is 1. The molecule has 0 fully saturated rings. The number of carboxylic acids is 1. The van der Waals surface area contributed by atoms with E-state index in [-0.39, 0.29) is 27.0 Å². The molecule has 30 heavy (non-hydrogen) atoms. The van der Waals surface area contributed by atoms with Crippen molar-refractivity contribution in [2.45, 2.75) is 16.7 Å². The van der Waals surface area contributed by atoms with Crippen LogP contribution >= 0.6 is 11.6 Å². The van der Waals surface area contributed by atoms with Gasteiger partial charge in [-0.25, -0.2) is 21.6 Å². The third-order valence-corrected chi connectivity index (χ3v) is 6.98. The van der Waals surface area contributed by atoms with Crippen LogP contribution in [0.25, 0.3) is 0 Å². The molecular weight excluding hydrogens is 458 g/mol. The third kappa shape index (κ3) is 4.72. The van der Waals surface area contributed by atoms with Crippen molar-refractivity contribution < 1.29 is 31.3 Å². The number of aryl methyl sites for hydroxylation is 1. The molecule has 0 unspecified atom stereocenters. The fourth-order valence-electron chi connectivity index (χ4n) is 2.37. The van der Waals surface area contributed by atoms with Gasteiger partial charge in [-0.3, -0.25) is 9.44 Å². The summed E-state index contributed by atoms with van der Waals surface area (Å²) in [5, 5.41) is 12.4. The summed E-state index contributed by atoms with van der Waals surface area (Å²) < 4.78 is 59.2. The molecule has 0 atom stereocenters. The largest absolute Gasteiger partial charge is 0.478 e. The fraction of sp³-hybridized carbons (Fsp3) is 0.0588. The Labute approximate surface area is 176 Å². The molecule has 3 aromatic rings. The monoisotopic (exact) mass is 471 g/mol. The minimum Gasteiger partial charge on any atom is -0.478 e. The van der Waals surface area contributed by atoms with E-state index in [0.29, 0.717) is 5.76 Å². The van der Waals surface area contributed by atoms with Crippen LogP contribution in [0.1, 0.15) is 16.1 Å². The van der Waals surface area contributed by atoms with Crippen LogP contribution in [0.3, 0.4) is 0 Å². The average Bonchev–Trinajstić information content (AvgIpc) is 3.05. The maximum absolute atomic E-state index is 12.6. The first-order chi connectivity index (χ1) is 14.0. The summed E-state index contributed by atoms with van der Waals surface area (Å²) in [4.78, 5) is 10.5. The van der Waals surface area contributed by atoms with E-state index in [2.05, 4.69) is 14.6 Å². The van der Waals surface area contributed by atoms with Gasteiger partial charge in [0.05, 0.1) is 15.5 Å². The van der Waals surface area contributed by atoms with Crippen molar-refractivity contribution in [2.24, 2.45) is 0 Å². The number of carboxylic acid groups (broad SMARTS) is 1. The Morgan fingerprint density at radius 3 is 2.23 bits per heavy atom. The second-order valence-electron chi connectivity index (χ2n) is 6.01. The Kier molecular flexibility index (Phi) is 5.74. The zero-order valence-corrected chi connectivity index (χ0v) is 17.5. The van der Waals surface area contributed by atoms with Crippen molar-refractivity contribution in [1.29, 1.82) is 0 Å². The van der Waals surface area contributed by atoms with Crippen LogP contribution in [-0.2, 0) is 20.0 Å². The van der Waals surface area contributed by atoms with Crippen molar-refractivity contribution in [3.05, 3.63) is 64.9 Å². The molecule has 0 saturated heterocycles. The summed E-state index contributed by atoms with van der Waals surface area (Å²) in [6, 6.07) is 9.49. The summed E-state index contributed by atoms with van der Waals surface area (Å²) in [6.07, 6.45) is 0. The van der Waals surface area contributed by atoms with Crippen molar-refractivity contribution in [3.63, 3.8) is 0 Å². The molecule has 3 N–H and O–H groups in total. The first-order valence-corrected chi connectivity index (χ1v) is 11.4. The lowest BCUT2D eigenvalue weighted by Crippen LogP contribution is -2.15. The summed E-state index contributed by atoms with van der Waals surface area (Å²) in [7, 11) is -8.20. The Bertz CT molecular complexity index is 1320. The predicted octanol–water partition coefficient (Wildman–Crippen LogP) is 2.94. The first kappa shape index (κ1) is 21.6. The number of anilines is 2. The van der Waals surface area contributed by atoms with Crippen LogP contribution in [0.15, 0.2) is 62.8 Å². The van der Waals surface area contributed by atoms with Gasteiger partial charge in [0, 0.05) is 11.8 Å². The molecule has 13 heteroatoms. The molecule has 1 aromatic heterocycles. The Morgan fingerprint density at radius 2 is 1.67 bits per heavy atom. The molecule has 3 rings (SSSR count). The normalized spacial score (nSPS) is 11.8. The Balaban J connectivity index is 1.83. The van der Waals surface area contributed by atoms with Crippen LogP contribution in [0.2, 0.25) is 5.02 Å². The molecule has 1 heterocycles. The SMILES string of the molecule is Cc1cc(NS(=O)(=O)c2ccc(NS(=O)(=O)c3cc(C(=O)O)ccc3Cl)cc2)no1. The van der Waals surface area contributed by atoms with E-state index in [4.69, 9.17) is 21.2 Å². The fourth-order valence-corrected chi connectivity index (χ4v) is 4.93. The Morgan fingerprint density at radius 1 is 1.00 bits per heavy atom. The highest BCUT2D eigenvalue weighted by atomic mass is 35.5. The van der Waals surface area contributed by atoms with Crippen LogP contribution in [0.5, 0.6) is 0 Å². The van der Waals surface area contributed by atoms with E-state index >= 15 is 0 Å². The standard InChI is InChI=1S/C17H14ClN3O7S2/c1-10-8-16(19-28-10)21-29(24,25)13-5-3-12(4-6-13)20-30(26,27)15-9-11(17(22)23)2-7-14(15)18/h2-9,20H,1H3,(H,19,21)(H,22,23). The molecule has 0 bridgehead atoms. The predicted molar refractivity (Wildman–Crippen MR) is 108 cm³/mol. The number of aromatic nitrogens is 1. The van der Waals surface area contributed by atoms with Gasteiger partial charge in [-0.05, 0) is 49.4 Å². The zero-order valence-electron chi connectivity index (χ0n) is 15.2. The number of nitrogens with one attached hydrogen (secondary N) is 2. The molecule has 0 radical (unpaired) electrons. The highest BCUT2D eigenvalue weighted by Crippen LogP contribution is 2.26. The highest BCUT2D eigenvalue weighted by Gasteiger charge is 2.21. The minimum atomic E-state index is -4.23. The van der Waals surface area contributed by atoms with Gasteiger partial charge in [0.25, 0.3) is 20.0 Å². The van der Waals surface area contributed by atoms with E-state index in [1.54, 1.807) is 6.92 Å². The quantitative estimate of drug-likeness (QED) is 0.474. The van der Waals surface area contributed by atoms with Gasteiger partial charge in [0.15, 0.2) is 5.82 Å². The van der Waals surface area contributed by atoms with Gasteiger partial charge in [-0.2, -0.15) is 0 Å². The molecule has 0 amide bonds. The summed E-state index contributed by atoms with van der Waals surface area (Å²) in [5.41, 5.74) is -0.210. The third-order valence-electron chi connectivity index (χ3n) is 3.75. The van der Waals surface area contributed by atoms with Crippen molar-refractivity contribution in [2.75, 3.05) is 9.44 Å². The van der Waals surface area contributed by atoms with E-state index in [0.717, 1.165) is 12.1 Å². The topological polar surface area (TPSA) is 156 Å². The number of hydrogen-bond donors (Lipinski definition) is 3. The molecule has 158 valence electrons. The van der Waals surface area contributed by atoms with Crippen molar-refractivity contribution >= 4 is 49.1 Å². The van der Waals surface area contributed by atoms with Gasteiger partial charge < -0.3 is 9.63 Å². The summed E-state index contributed by atoms with van der Waals surface area (Å²) in [6.45, 7) is 1.60. The molecule has 10 nitrogen and oxygen atoms in total. The van der Waals surface area contributed by atoms with Crippen molar-refractivity contribution in [1.82, 2.24) is 5.16 Å². The van der Waals surface area contributed by atoms with Gasteiger partial charge in [-0.15, -0.1) is 0 Å². The van der Waals surface area contributed by atoms with E-state index in [9.17, 15) is 21.6 Å². The molecule has 0 aliphatic rings. The summed E-state index contributed by atoms with van der Waals surface area (Å²) in [5.74, 6) is -0.888. The number of aromatic carboxylic acids is 1. The zero-order chi connectivity index (χ0) is 22.1. The molecular formula is C17H14ClN3O7S2. The maximum atomic E-state index is 12.6. The van der Waals surface area contributed by atoms with Crippen LogP contribution in [0.4, 0.5) is 11.5 Å². The van der Waals surface area contributed by atoms with Gasteiger partial charge in [0.1, 0.15) is 10.7 Å². The lowest BCUT2D eigenvalue weighted by molar-refractivity contribution is 0.0696. The van der Waals surface area contributed by atoms with Crippen LogP contribution < -0.4 is 9.44 Å². The first-order valence-electron chi connectivity index (χ1n) is 8.10. The average molecular weight is 472 g/mol. The lowest BCUT2D eigenvalue weighted by Gasteiger charge is -2.11. The highest BCUT2D eigenvalue weighted by molar-refractivity contribution is 7.93. The van der Waals surface area contributed by atoms with E-state index < -0.39 is 30.9 Å². The number of rotatable bonds is 7. The molecule has 2 aromatic carbocycles.